The van der Waals surface area contributed by atoms with E-state index in [2.05, 4.69) is 21.2 Å². The Balaban J connectivity index is 2.35. The van der Waals surface area contributed by atoms with Crippen LogP contribution in [0.15, 0.2) is 48.5 Å². The quantitative estimate of drug-likeness (QED) is 0.633. The van der Waals surface area contributed by atoms with Crippen LogP contribution in [0.1, 0.15) is 22.3 Å². The monoisotopic (exact) mass is 365 g/mol. The van der Waals surface area contributed by atoms with Gasteiger partial charge in [0.15, 0.2) is 5.78 Å². The number of hydrogen-bond donors (Lipinski definition) is 1. The number of carbonyl (C=O) groups is 2. The van der Waals surface area contributed by atoms with E-state index in [1.54, 1.807) is 42.5 Å². The van der Waals surface area contributed by atoms with Crippen LogP contribution in [-0.2, 0) is 4.79 Å². The van der Waals surface area contributed by atoms with E-state index in [-0.39, 0.29) is 11.7 Å². The molecule has 0 bridgehead atoms. The largest absolute Gasteiger partial charge is 0.325 e. The van der Waals surface area contributed by atoms with Crippen LogP contribution in [0.3, 0.4) is 0 Å². The van der Waals surface area contributed by atoms with Crippen molar-refractivity contribution in [1.29, 1.82) is 0 Å². The fourth-order valence-electron chi connectivity index (χ4n) is 1.86. The van der Waals surface area contributed by atoms with Gasteiger partial charge in [0.2, 0.25) is 5.91 Å². The highest BCUT2D eigenvalue weighted by Crippen LogP contribution is 2.24. The maximum Gasteiger partial charge on any atom is 0.225 e. The summed E-state index contributed by atoms with van der Waals surface area (Å²) in [5.74, 6) is -0.330. The van der Waals surface area contributed by atoms with Crippen LogP contribution in [0.4, 0.5) is 5.69 Å². The number of ketones is 1. The van der Waals surface area contributed by atoms with Crippen LogP contribution in [0.25, 0.3) is 0 Å². The summed E-state index contributed by atoms with van der Waals surface area (Å²) in [6.07, 6.45) is 0.335. The van der Waals surface area contributed by atoms with Gasteiger partial charge >= 0.3 is 0 Å². The van der Waals surface area contributed by atoms with Gasteiger partial charge in [-0.15, -0.1) is 0 Å². The molecule has 0 unspecified atom stereocenters. The Morgan fingerprint density at radius 1 is 1.10 bits per heavy atom. The number of carbonyl (C=O) groups excluding carboxylic acids is 2. The van der Waals surface area contributed by atoms with Crippen molar-refractivity contribution in [2.24, 2.45) is 0 Å². The number of nitrogens with one attached hydrogen (secondary N) is 1. The maximum absolute atomic E-state index is 12.5. The van der Waals surface area contributed by atoms with Gasteiger partial charge in [-0.2, -0.15) is 0 Å². The number of anilines is 1. The number of halogens is 2. The molecule has 0 fully saturated rings. The van der Waals surface area contributed by atoms with E-state index in [0.29, 0.717) is 33.6 Å². The zero-order valence-corrected chi connectivity index (χ0v) is 13.4. The molecule has 0 saturated heterocycles. The molecule has 0 heterocycles. The van der Waals surface area contributed by atoms with Crippen LogP contribution in [0, 0.1) is 0 Å². The second-order valence-corrected chi connectivity index (χ2v) is 5.60. The summed E-state index contributed by atoms with van der Waals surface area (Å²) in [6.45, 7) is 0. The van der Waals surface area contributed by atoms with E-state index in [9.17, 15) is 9.59 Å². The Hall–Kier alpha value is -1.65. The van der Waals surface area contributed by atoms with Gasteiger partial charge in [0.1, 0.15) is 0 Å². The van der Waals surface area contributed by atoms with E-state index >= 15 is 0 Å². The summed E-state index contributed by atoms with van der Waals surface area (Å²) in [4.78, 5) is 24.3. The lowest BCUT2D eigenvalue weighted by molar-refractivity contribution is -0.115. The van der Waals surface area contributed by atoms with Crippen molar-refractivity contribution in [2.75, 3.05) is 10.6 Å². The van der Waals surface area contributed by atoms with Crippen molar-refractivity contribution in [1.82, 2.24) is 0 Å². The molecule has 2 rings (SSSR count). The second-order valence-electron chi connectivity index (χ2n) is 4.37. The lowest BCUT2D eigenvalue weighted by Crippen LogP contribution is -2.15. The number of amides is 1. The molecule has 0 aliphatic carbocycles. The average molecular weight is 367 g/mol. The number of benzene rings is 2. The molecule has 0 atom stereocenters. The Bertz CT molecular complexity index is 659. The first-order valence-corrected chi connectivity index (χ1v) is 7.87. The lowest BCUT2D eigenvalue weighted by Gasteiger charge is -2.10. The number of rotatable bonds is 5. The average Bonchev–Trinajstić information content (AvgIpc) is 2.49. The van der Waals surface area contributed by atoms with E-state index in [0.717, 1.165) is 0 Å². The Kier molecular flexibility index (Phi) is 5.53. The first-order chi connectivity index (χ1) is 10.1. The van der Waals surface area contributed by atoms with Gasteiger partial charge in [-0.05, 0) is 18.2 Å². The Morgan fingerprint density at radius 2 is 1.81 bits per heavy atom. The molecule has 3 nitrogen and oxygen atoms in total. The zero-order chi connectivity index (χ0) is 15.2. The van der Waals surface area contributed by atoms with Crippen LogP contribution < -0.4 is 5.32 Å². The first-order valence-electron chi connectivity index (χ1n) is 6.37. The molecule has 21 heavy (non-hydrogen) atoms. The van der Waals surface area contributed by atoms with Crippen molar-refractivity contribution >= 4 is 44.9 Å². The third-order valence-corrected chi connectivity index (χ3v) is 3.49. The molecule has 0 spiro atoms. The van der Waals surface area contributed by atoms with Crippen molar-refractivity contribution in [3.05, 3.63) is 64.7 Å². The van der Waals surface area contributed by atoms with Gasteiger partial charge in [0.25, 0.3) is 0 Å². The minimum atomic E-state index is -0.174. The normalized spacial score (nSPS) is 10.2. The third-order valence-electron chi connectivity index (χ3n) is 2.86. The van der Waals surface area contributed by atoms with E-state index in [1.165, 1.54) is 0 Å². The molecule has 0 saturated carbocycles. The highest BCUT2D eigenvalue weighted by molar-refractivity contribution is 9.09. The summed E-state index contributed by atoms with van der Waals surface area (Å²) in [5, 5.41) is 3.76. The van der Waals surface area contributed by atoms with Crippen LogP contribution in [0.2, 0.25) is 5.02 Å². The lowest BCUT2D eigenvalue weighted by atomic mass is 10.0. The smallest absolute Gasteiger partial charge is 0.225 e. The number of hydrogen-bond acceptors (Lipinski definition) is 2. The predicted octanol–water partition coefficient (Wildman–Crippen LogP) is 4.29. The van der Waals surface area contributed by atoms with Crippen LogP contribution >= 0.6 is 27.5 Å². The molecule has 5 heteroatoms. The van der Waals surface area contributed by atoms with Crippen LogP contribution in [0.5, 0.6) is 0 Å². The molecule has 0 aliphatic heterocycles. The van der Waals surface area contributed by atoms with Crippen molar-refractivity contribution in [3.63, 3.8) is 0 Å². The minimum absolute atomic E-state index is 0.156. The molecular formula is C16H13BrClNO2. The summed E-state index contributed by atoms with van der Waals surface area (Å²) in [7, 11) is 0. The van der Waals surface area contributed by atoms with E-state index < -0.39 is 0 Å². The van der Waals surface area contributed by atoms with Gasteiger partial charge in [-0.25, -0.2) is 0 Å². The molecule has 1 amide bonds. The minimum Gasteiger partial charge on any atom is -0.325 e. The Labute approximate surface area is 136 Å². The SMILES string of the molecule is O=C(CCBr)Nc1ccc(Cl)cc1C(=O)c1ccccc1. The van der Waals surface area contributed by atoms with Gasteiger partial charge in [-0.1, -0.05) is 57.9 Å². The first kappa shape index (κ1) is 15.7. The summed E-state index contributed by atoms with van der Waals surface area (Å²) < 4.78 is 0. The summed E-state index contributed by atoms with van der Waals surface area (Å²) in [5.41, 5.74) is 1.41. The molecular weight excluding hydrogens is 354 g/mol. The Morgan fingerprint density at radius 3 is 2.48 bits per heavy atom. The summed E-state index contributed by atoms with van der Waals surface area (Å²) in [6, 6.07) is 13.7. The topological polar surface area (TPSA) is 46.2 Å². The highest BCUT2D eigenvalue weighted by Gasteiger charge is 2.15. The molecule has 0 radical (unpaired) electrons. The maximum atomic E-state index is 12.5. The second kappa shape index (κ2) is 7.38. The molecule has 1 N–H and O–H groups in total. The van der Waals surface area contributed by atoms with Gasteiger partial charge < -0.3 is 5.32 Å². The fourth-order valence-corrected chi connectivity index (χ4v) is 2.39. The predicted molar refractivity (Wildman–Crippen MR) is 88.4 cm³/mol. The molecule has 108 valence electrons. The van der Waals surface area contributed by atoms with Crippen LogP contribution in [-0.4, -0.2) is 17.0 Å². The van der Waals surface area contributed by atoms with Crippen molar-refractivity contribution in [2.45, 2.75) is 6.42 Å². The molecule has 0 aromatic heterocycles. The summed E-state index contributed by atoms with van der Waals surface area (Å²) >= 11 is 9.18. The highest BCUT2D eigenvalue weighted by atomic mass is 79.9. The molecule has 2 aromatic carbocycles. The van der Waals surface area contributed by atoms with E-state index in [4.69, 9.17) is 11.6 Å². The van der Waals surface area contributed by atoms with Crippen molar-refractivity contribution in [3.8, 4) is 0 Å². The standard InChI is InChI=1S/C16H13BrClNO2/c17-9-8-15(20)19-14-7-6-12(18)10-13(14)16(21)11-4-2-1-3-5-11/h1-7,10H,8-9H2,(H,19,20). The molecule has 0 aliphatic rings. The van der Waals surface area contributed by atoms with Gasteiger partial charge in [-0.3, -0.25) is 9.59 Å². The zero-order valence-electron chi connectivity index (χ0n) is 11.1. The van der Waals surface area contributed by atoms with E-state index in [1.807, 2.05) is 6.07 Å². The van der Waals surface area contributed by atoms with Gasteiger partial charge in [0, 0.05) is 27.9 Å². The number of alkyl halides is 1. The molecule has 2 aromatic rings. The van der Waals surface area contributed by atoms with Gasteiger partial charge in [0.05, 0.1) is 5.69 Å². The fraction of sp³-hybridized carbons (Fsp3) is 0.125. The van der Waals surface area contributed by atoms with Crippen molar-refractivity contribution < 1.29 is 9.59 Å². The third kappa shape index (κ3) is 4.16.